The van der Waals surface area contributed by atoms with E-state index in [1.54, 1.807) is 6.92 Å². The van der Waals surface area contributed by atoms with Crippen molar-refractivity contribution in [1.29, 1.82) is 0 Å². The zero-order valence-corrected chi connectivity index (χ0v) is 8.46. The van der Waals surface area contributed by atoms with Crippen LogP contribution in [0, 0.1) is 13.0 Å². The summed E-state index contributed by atoms with van der Waals surface area (Å²) in [6.07, 6.45) is 0. The molecule has 0 saturated heterocycles. The first-order chi connectivity index (χ1) is 4.20. The molecule has 3 heteroatoms. The van der Waals surface area contributed by atoms with Gasteiger partial charge in [-0.1, -0.05) is 6.92 Å². The molecule has 0 aliphatic carbocycles. The van der Waals surface area contributed by atoms with E-state index in [2.05, 4.69) is 6.07 Å². The summed E-state index contributed by atoms with van der Waals surface area (Å²) < 4.78 is 0. The van der Waals surface area contributed by atoms with Crippen LogP contribution in [-0.4, -0.2) is 10.2 Å². The van der Waals surface area contributed by atoms with Crippen LogP contribution in [0.4, 0.5) is 0 Å². The van der Waals surface area contributed by atoms with E-state index in [0.717, 1.165) is 0 Å². The monoisotopic (exact) mass is 212 g/mol. The second-order valence-electron chi connectivity index (χ2n) is 1.89. The molecule has 0 atom stereocenters. The summed E-state index contributed by atoms with van der Waals surface area (Å²) in [4.78, 5) is 0. The van der Waals surface area contributed by atoms with Gasteiger partial charge in [-0.05, 0) is 0 Å². The van der Waals surface area contributed by atoms with Gasteiger partial charge in [0.25, 0.3) is 0 Å². The molecule has 51 valence electrons. The van der Waals surface area contributed by atoms with Crippen molar-refractivity contribution < 1.29 is 42.9 Å². The Balaban J connectivity index is 0.000000810. The Morgan fingerprint density at radius 1 is 1.40 bits per heavy atom. The van der Waals surface area contributed by atoms with E-state index in [-0.39, 0.29) is 44.2 Å². The van der Waals surface area contributed by atoms with Crippen molar-refractivity contribution in [2.24, 2.45) is 0 Å². The predicted octanol–water partition coefficient (Wildman–Crippen LogP) is 1.20. The average Bonchev–Trinajstić information content (AvgIpc) is 1.80. The van der Waals surface area contributed by atoms with Gasteiger partial charge in [0.2, 0.25) is 0 Å². The molecule has 0 saturated carbocycles. The Morgan fingerprint density at radius 3 is 2.40 bits per heavy atom. The van der Waals surface area contributed by atoms with Gasteiger partial charge in [0.05, 0.1) is 0 Å². The van der Waals surface area contributed by atoms with Crippen LogP contribution in [0.2, 0.25) is 0 Å². The van der Waals surface area contributed by atoms with Gasteiger partial charge in [0, 0.05) is 44.2 Å². The largest absolute Gasteiger partial charge is 0.565 e. The van der Waals surface area contributed by atoms with E-state index in [0.29, 0.717) is 5.56 Å². The van der Waals surface area contributed by atoms with Crippen molar-refractivity contribution in [2.45, 2.75) is 6.92 Å². The molecule has 1 rings (SSSR count). The van der Waals surface area contributed by atoms with Crippen LogP contribution in [0.15, 0.2) is 12.1 Å². The minimum Gasteiger partial charge on any atom is -0.565 e. The van der Waals surface area contributed by atoms with Gasteiger partial charge >= 0.3 is 0 Å². The van der Waals surface area contributed by atoms with Crippen LogP contribution in [0.25, 0.3) is 0 Å². The summed E-state index contributed by atoms with van der Waals surface area (Å²) in [7, 11) is 0. The summed E-state index contributed by atoms with van der Waals surface area (Å²) in [5.74, 6) is 0.220. The van der Waals surface area contributed by atoms with Crippen molar-refractivity contribution in [2.75, 3.05) is 0 Å². The van der Waals surface area contributed by atoms with Crippen molar-refractivity contribution >= 4 is 0 Å². The van der Waals surface area contributed by atoms with Gasteiger partial charge in [0.15, 0.2) is 0 Å². The van der Waals surface area contributed by atoms with Crippen molar-refractivity contribution in [3.8, 4) is 11.5 Å². The van der Waals surface area contributed by atoms with E-state index >= 15 is 0 Å². The van der Waals surface area contributed by atoms with Gasteiger partial charge in [-0.2, -0.15) is 0 Å². The number of rotatable bonds is 0. The fourth-order valence-corrected chi connectivity index (χ4v) is 0.577. The number of aryl methyl sites for hydroxylation is 1. The molecule has 10 heavy (non-hydrogen) atoms. The third-order valence-electron chi connectivity index (χ3n) is 1.11. The number of aromatic hydroxyl groups is 2. The van der Waals surface area contributed by atoms with Crippen molar-refractivity contribution in [1.82, 2.24) is 0 Å². The maximum Gasteiger partial charge on any atom is 0.00635 e. The summed E-state index contributed by atoms with van der Waals surface area (Å²) in [6, 6.07) is 5.24. The smallest absolute Gasteiger partial charge is 0.00635 e. The second kappa shape index (κ2) is 3.94. The molecule has 1 aromatic rings. The molecule has 2 nitrogen and oxygen atoms in total. The van der Waals surface area contributed by atoms with E-state index in [9.17, 15) is 0 Å². The summed E-state index contributed by atoms with van der Waals surface area (Å²) in [5.41, 5.74) is 0.659. The SMILES string of the molecule is Cc1cc(O)[c-]cc1O.[Y]. The molecule has 0 bridgehead atoms. The molecule has 0 spiro atoms. The minimum atomic E-state index is 0. The molecule has 0 aromatic heterocycles. The molecule has 0 unspecified atom stereocenters. The van der Waals surface area contributed by atoms with Crippen LogP contribution >= 0.6 is 0 Å². The number of hydrogen-bond donors (Lipinski definition) is 2. The molecular formula is C7H7O2Y-. The quantitative estimate of drug-likeness (QED) is 0.501. The fourth-order valence-electron chi connectivity index (χ4n) is 0.577. The topological polar surface area (TPSA) is 40.5 Å². The van der Waals surface area contributed by atoms with Gasteiger partial charge in [0.1, 0.15) is 0 Å². The van der Waals surface area contributed by atoms with Gasteiger partial charge in [-0.15, -0.1) is 23.8 Å². The first-order valence-corrected chi connectivity index (χ1v) is 2.60. The summed E-state index contributed by atoms with van der Waals surface area (Å²) in [6.45, 7) is 1.71. The van der Waals surface area contributed by atoms with Crippen LogP contribution in [0.5, 0.6) is 11.5 Å². The molecule has 0 fully saturated rings. The van der Waals surface area contributed by atoms with Gasteiger partial charge < -0.3 is 10.2 Å². The van der Waals surface area contributed by atoms with E-state index < -0.39 is 0 Å². The van der Waals surface area contributed by atoms with E-state index in [4.69, 9.17) is 10.2 Å². The zero-order chi connectivity index (χ0) is 6.85. The van der Waals surface area contributed by atoms with Crippen LogP contribution in [0.1, 0.15) is 5.56 Å². The molecule has 0 aliphatic heterocycles. The average molecular weight is 212 g/mol. The van der Waals surface area contributed by atoms with Crippen LogP contribution in [-0.2, 0) is 32.7 Å². The van der Waals surface area contributed by atoms with E-state index in [1.807, 2.05) is 0 Å². The van der Waals surface area contributed by atoms with E-state index in [1.165, 1.54) is 12.1 Å². The number of phenolic OH excluding ortho intramolecular Hbond substituents is 2. The summed E-state index contributed by atoms with van der Waals surface area (Å²) in [5, 5.41) is 17.7. The number of phenols is 2. The normalized spacial score (nSPS) is 8.50. The van der Waals surface area contributed by atoms with Crippen LogP contribution in [0.3, 0.4) is 0 Å². The number of benzene rings is 1. The Labute approximate surface area is 84.8 Å². The predicted molar refractivity (Wildman–Crippen MR) is 33.3 cm³/mol. The Morgan fingerprint density at radius 2 is 2.00 bits per heavy atom. The zero-order valence-electron chi connectivity index (χ0n) is 5.63. The molecular weight excluding hydrogens is 205 g/mol. The maximum absolute atomic E-state index is 8.90. The third-order valence-corrected chi connectivity index (χ3v) is 1.11. The second-order valence-corrected chi connectivity index (χ2v) is 1.89. The molecule has 0 heterocycles. The molecule has 1 radical (unpaired) electrons. The van der Waals surface area contributed by atoms with Crippen molar-refractivity contribution in [3.05, 3.63) is 23.8 Å². The molecule has 0 amide bonds. The maximum atomic E-state index is 8.90. The third kappa shape index (κ3) is 2.27. The van der Waals surface area contributed by atoms with Crippen molar-refractivity contribution in [3.63, 3.8) is 0 Å². The standard InChI is InChI=1S/C7H7O2.Y/c1-5-4-6(8)2-3-7(5)9;/h3-4,8-9H,1H3;/q-1;. The molecule has 2 N–H and O–H groups in total. The molecule has 1 aromatic carbocycles. The first-order valence-electron chi connectivity index (χ1n) is 2.60. The Kier molecular flexibility index (Phi) is 3.91. The summed E-state index contributed by atoms with van der Waals surface area (Å²) >= 11 is 0. The van der Waals surface area contributed by atoms with Gasteiger partial charge in [-0.25, -0.2) is 0 Å². The minimum absolute atomic E-state index is 0. The first kappa shape index (κ1) is 9.92. The fraction of sp³-hybridized carbons (Fsp3) is 0.143. The Bertz CT molecular complexity index is 223. The number of hydrogen-bond acceptors (Lipinski definition) is 2. The molecule has 0 aliphatic rings. The van der Waals surface area contributed by atoms with Gasteiger partial charge in [-0.3, -0.25) is 0 Å². The Hall–Kier alpha value is -0.0761. The van der Waals surface area contributed by atoms with Crippen LogP contribution < -0.4 is 0 Å².